The number of nitrogens with one attached hydrogen (secondary N) is 3. The molecular formula is C20H25FN6O. The van der Waals surface area contributed by atoms with E-state index in [2.05, 4.69) is 25.5 Å². The Bertz CT molecular complexity index is 916. The minimum atomic E-state index is -0.444. The number of nitrogens with two attached hydrogens (primary N) is 1. The van der Waals surface area contributed by atoms with Crippen molar-refractivity contribution in [3.63, 3.8) is 0 Å². The molecule has 28 heavy (non-hydrogen) atoms. The average molecular weight is 384 g/mol. The fraction of sp³-hybridized carbons (Fsp3) is 0.500. The van der Waals surface area contributed by atoms with Crippen LogP contribution in [0.1, 0.15) is 47.3 Å². The van der Waals surface area contributed by atoms with Gasteiger partial charge in [-0.15, -0.1) is 0 Å². The van der Waals surface area contributed by atoms with E-state index in [4.69, 9.17) is 5.73 Å². The molecule has 2 aliphatic heterocycles. The second-order valence-electron chi connectivity index (χ2n) is 7.95. The highest BCUT2D eigenvalue weighted by Crippen LogP contribution is 2.34. The van der Waals surface area contributed by atoms with Crippen LogP contribution in [0.5, 0.6) is 0 Å². The molecule has 7 nitrogen and oxygen atoms in total. The van der Waals surface area contributed by atoms with Crippen LogP contribution in [-0.4, -0.2) is 34.1 Å². The van der Waals surface area contributed by atoms with Gasteiger partial charge in [0.15, 0.2) is 11.6 Å². The topological polar surface area (TPSA) is 97.0 Å². The molecule has 1 amide bonds. The number of fused-ring (bicyclic) bond motifs is 2. The number of nitrogens with zero attached hydrogens (tertiary/aromatic N) is 2. The standard InChI is InChI=1S/C20H25FN6O/c21-17-13-9-24-20(28)16(13)18(11-7-12-8-23-5-6-27(12)10-11)26-19(17)25-15-4-2-1-3-14(15)22/h7,10,14-15,23H,1-6,8-9,22H2,(H,24,28)(H,25,26)/t14-,15+/m0/s1. The van der Waals surface area contributed by atoms with Gasteiger partial charge < -0.3 is 26.3 Å². The van der Waals surface area contributed by atoms with E-state index in [-0.39, 0.29) is 30.4 Å². The third-order valence-corrected chi connectivity index (χ3v) is 6.12. The number of anilines is 1. The van der Waals surface area contributed by atoms with Crippen molar-refractivity contribution in [1.82, 2.24) is 20.2 Å². The van der Waals surface area contributed by atoms with Crippen LogP contribution in [0, 0.1) is 5.82 Å². The molecule has 3 aliphatic rings. The number of amides is 1. The monoisotopic (exact) mass is 384 g/mol. The van der Waals surface area contributed by atoms with Crippen molar-refractivity contribution in [3.8, 4) is 11.3 Å². The third-order valence-electron chi connectivity index (χ3n) is 6.12. The molecule has 1 aliphatic carbocycles. The molecule has 0 spiro atoms. The summed E-state index contributed by atoms with van der Waals surface area (Å²) in [5.74, 6) is -0.505. The fourth-order valence-corrected chi connectivity index (χ4v) is 4.56. The highest BCUT2D eigenvalue weighted by Gasteiger charge is 2.32. The Morgan fingerprint density at radius 2 is 2.14 bits per heavy atom. The van der Waals surface area contributed by atoms with Crippen molar-refractivity contribution >= 4 is 11.7 Å². The number of carbonyl (C=O) groups excluding carboxylic acids is 1. The van der Waals surface area contributed by atoms with E-state index < -0.39 is 5.82 Å². The van der Waals surface area contributed by atoms with Gasteiger partial charge in [-0.1, -0.05) is 12.8 Å². The first-order chi connectivity index (χ1) is 13.6. The highest BCUT2D eigenvalue weighted by atomic mass is 19.1. The van der Waals surface area contributed by atoms with E-state index in [0.717, 1.165) is 56.6 Å². The number of aromatic nitrogens is 2. The lowest BCUT2D eigenvalue weighted by Crippen LogP contribution is -2.43. The third kappa shape index (κ3) is 2.87. The van der Waals surface area contributed by atoms with Crippen LogP contribution in [0.4, 0.5) is 10.2 Å². The molecule has 4 heterocycles. The number of hydrogen-bond acceptors (Lipinski definition) is 5. The van der Waals surface area contributed by atoms with Crippen LogP contribution in [0.25, 0.3) is 11.3 Å². The predicted octanol–water partition coefficient (Wildman–Crippen LogP) is 1.72. The van der Waals surface area contributed by atoms with E-state index in [1.54, 1.807) is 0 Å². The summed E-state index contributed by atoms with van der Waals surface area (Å²) in [6, 6.07) is 2.02. The fourth-order valence-electron chi connectivity index (χ4n) is 4.56. The molecular weight excluding hydrogens is 359 g/mol. The Hall–Kier alpha value is -2.45. The maximum absolute atomic E-state index is 15.2. The minimum absolute atomic E-state index is 0.00171. The molecule has 148 valence electrons. The molecule has 0 radical (unpaired) electrons. The summed E-state index contributed by atoms with van der Waals surface area (Å²) < 4.78 is 17.3. The summed E-state index contributed by atoms with van der Waals surface area (Å²) >= 11 is 0. The molecule has 2 aromatic rings. The van der Waals surface area contributed by atoms with Crippen molar-refractivity contribution in [2.24, 2.45) is 5.73 Å². The first-order valence-corrected chi connectivity index (χ1v) is 10.0. The maximum Gasteiger partial charge on any atom is 0.254 e. The zero-order chi connectivity index (χ0) is 19.3. The summed E-state index contributed by atoms with van der Waals surface area (Å²) in [6.45, 7) is 2.74. The minimum Gasteiger partial charge on any atom is -0.363 e. The van der Waals surface area contributed by atoms with Crippen LogP contribution in [0.3, 0.4) is 0 Å². The van der Waals surface area contributed by atoms with Crippen molar-refractivity contribution in [2.75, 3.05) is 11.9 Å². The Balaban J connectivity index is 1.59. The second-order valence-corrected chi connectivity index (χ2v) is 7.95. The smallest absolute Gasteiger partial charge is 0.254 e. The highest BCUT2D eigenvalue weighted by molar-refractivity contribution is 6.04. The number of hydrogen-bond donors (Lipinski definition) is 4. The number of halogens is 1. The molecule has 2 aromatic heterocycles. The normalized spacial score (nSPS) is 23.9. The first-order valence-electron chi connectivity index (χ1n) is 10.0. The number of pyridine rings is 1. The van der Waals surface area contributed by atoms with Crippen LogP contribution in [-0.2, 0) is 19.6 Å². The summed E-state index contributed by atoms with van der Waals surface area (Å²) in [5.41, 5.74) is 9.52. The lowest BCUT2D eigenvalue weighted by atomic mass is 9.91. The van der Waals surface area contributed by atoms with Gasteiger partial charge >= 0.3 is 0 Å². The van der Waals surface area contributed by atoms with Crippen molar-refractivity contribution in [3.05, 3.63) is 34.9 Å². The van der Waals surface area contributed by atoms with Gasteiger partial charge in [-0.25, -0.2) is 9.37 Å². The first kappa shape index (κ1) is 17.6. The predicted molar refractivity (Wildman–Crippen MR) is 104 cm³/mol. The molecule has 0 unspecified atom stereocenters. The summed E-state index contributed by atoms with van der Waals surface area (Å²) in [4.78, 5) is 17.0. The van der Waals surface area contributed by atoms with Crippen LogP contribution in [0.15, 0.2) is 12.3 Å². The quantitative estimate of drug-likeness (QED) is 0.646. The molecule has 2 atom stereocenters. The second kappa shape index (κ2) is 6.86. The van der Waals surface area contributed by atoms with Crippen LogP contribution >= 0.6 is 0 Å². The van der Waals surface area contributed by atoms with Crippen molar-refractivity contribution in [1.29, 1.82) is 0 Å². The lowest BCUT2D eigenvalue weighted by molar-refractivity contribution is 0.0966. The number of rotatable bonds is 3. The zero-order valence-corrected chi connectivity index (χ0v) is 15.7. The zero-order valence-electron chi connectivity index (χ0n) is 15.7. The Morgan fingerprint density at radius 3 is 2.96 bits per heavy atom. The van der Waals surface area contributed by atoms with Crippen LogP contribution < -0.4 is 21.7 Å². The van der Waals surface area contributed by atoms with Gasteiger partial charge in [0.2, 0.25) is 0 Å². The molecule has 8 heteroatoms. The molecule has 1 saturated carbocycles. The number of carbonyl (C=O) groups is 1. The van der Waals surface area contributed by atoms with E-state index in [1.807, 2.05) is 12.3 Å². The SMILES string of the molecule is N[C@H]1CCCC[C@H]1Nc1nc(-c2cc3n(c2)CCNC3)c2c(c1F)CNC2=O. The summed E-state index contributed by atoms with van der Waals surface area (Å²) in [7, 11) is 0. The summed E-state index contributed by atoms with van der Waals surface area (Å²) in [5, 5.41) is 9.33. The van der Waals surface area contributed by atoms with Crippen molar-refractivity contribution in [2.45, 2.75) is 57.4 Å². The lowest BCUT2D eigenvalue weighted by Gasteiger charge is -2.30. The molecule has 5 N–H and O–H groups in total. The van der Waals surface area contributed by atoms with Gasteiger partial charge in [0.05, 0.1) is 11.3 Å². The van der Waals surface area contributed by atoms with Gasteiger partial charge in [-0.3, -0.25) is 4.79 Å². The average Bonchev–Trinajstić information content (AvgIpc) is 3.30. The van der Waals surface area contributed by atoms with E-state index in [1.165, 1.54) is 0 Å². The Labute approximate surface area is 162 Å². The molecule has 0 aromatic carbocycles. The molecule has 0 saturated heterocycles. The van der Waals surface area contributed by atoms with Gasteiger partial charge in [-0.2, -0.15) is 0 Å². The van der Waals surface area contributed by atoms with Crippen LogP contribution in [0.2, 0.25) is 0 Å². The van der Waals surface area contributed by atoms with Gasteiger partial charge in [-0.05, 0) is 18.9 Å². The largest absolute Gasteiger partial charge is 0.363 e. The maximum atomic E-state index is 15.2. The Morgan fingerprint density at radius 1 is 1.29 bits per heavy atom. The Kier molecular flexibility index (Phi) is 4.32. The molecule has 0 bridgehead atoms. The van der Waals surface area contributed by atoms with Gasteiger partial charge in [0.1, 0.15) is 0 Å². The van der Waals surface area contributed by atoms with Gasteiger partial charge in [0.25, 0.3) is 5.91 Å². The van der Waals surface area contributed by atoms with Crippen molar-refractivity contribution < 1.29 is 9.18 Å². The molecule has 1 fully saturated rings. The van der Waals surface area contributed by atoms with E-state index >= 15 is 4.39 Å². The molecule has 5 rings (SSSR count). The summed E-state index contributed by atoms with van der Waals surface area (Å²) in [6.07, 6.45) is 6.02. The van der Waals surface area contributed by atoms with E-state index in [0.29, 0.717) is 16.8 Å². The van der Waals surface area contributed by atoms with Gasteiger partial charge in [0, 0.05) is 61.3 Å². The van der Waals surface area contributed by atoms with E-state index in [9.17, 15) is 4.79 Å².